The van der Waals surface area contributed by atoms with Gasteiger partial charge in [0.15, 0.2) is 0 Å². The molecule has 1 aliphatic heterocycles. The van der Waals surface area contributed by atoms with Crippen molar-refractivity contribution >= 4 is 14.2 Å². The van der Waals surface area contributed by atoms with Crippen LogP contribution in [0.3, 0.4) is 0 Å². The Morgan fingerprint density at radius 3 is 1.93 bits per heavy atom. The average molecular weight is 420 g/mol. The third-order valence-electron chi connectivity index (χ3n) is 4.62. The predicted octanol–water partition coefficient (Wildman–Crippen LogP) is 7.08. The van der Waals surface area contributed by atoms with E-state index in [2.05, 4.69) is 23.0 Å². The summed E-state index contributed by atoms with van der Waals surface area (Å²) in [7, 11) is 0.841. The van der Waals surface area contributed by atoms with Gasteiger partial charge in [0.25, 0.3) is 0 Å². The summed E-state index contributed by atoms with van der Waals surface area (Å²) in [5, 5.41) is 19.7. The number of hydrogen-bond acceptors (Lipinski definition) is 3. The van der Waals surface area contributed by atoms with E-state index >= 15 is 0 Å². The number of para-hydroxylation sites is 2. The topological polar surface area (TPSA) is 53.4 Å². The summed E-state index contributed by atoms with van der Waals surface area (Å²) >= 11 is 0. The fourth-order valence-electron chi connectivity index (χ4n) is 2.99. The zero-order valence-corrected chi connectivity index (χ0v) is 19.1. The highest BCUT2D eigenvalue weighted by molar-refractivity contribution is 7.42. The van der Waals surface area contributed by atoms with Crippen LogP contribution >= 0.6 is 8.58 Å². The predicted molar refractivity (Wildman–Crippen MR) is 131 cm³/mol. The number of aromatic nitrogens is 1. The lowest BCUT2D eigenvalue weighted by molar-refractivity contribution is 0.469. The number of allylic oxidation sites excluding steroid dienone is 3. The van der Waals surface area contributed by atoms with E-state index < -0.39 is 0 Å². The van der Waals surface area contributed by atoms with Gasteiger partial charge < -0.3 is 10.2 Å². The summed E-state index contributed by atoms with van der Waals surface area (Å²) in [5.41, 5.74) is 5.91. The van der Waals surface area contributed by atoms with Crippen molar-refractivity contribution in [2.45, 2.75) is 27.7 Å². The largest absolute Gasteiger partial charge is 0.507 e. The zero-order chi connectivity index (χ0) is 21.9. The highest BCUT2D eigenvalue weighted by Gasteiger charge is 2.09. The van der Waals surface area contributed by atoms with Gasteiger partial charge in [-0.3, -0.25) is 4.98 Å². The molecule has 0 bridgehead atoms. The number of nitrogens with zero attached hydrogens (tertiary/aromatic N) is 1. The molecule has 30 heavy (non-hydrogen) atoms. The lowest BCUT2D eigenvalue weighted by Gasteiger charge is -2.12. The van der Waals surface area contributed by atoms with Crippen LogP contribution in [0.1, 0.15) is 30.5 Å². The van der Waals surface area contributed by atoms with Gasteiger partial charge in [0.1, 0.15) is 11.5 Å². The van der Waals surface area contributed by atoms with E-state index in [1.165, 1.54) is 5.57 Å². The highest BCUT2D eigenvalue weighted by Crippen LogP contribution is 2.34. The molecular weight excluding hydrogens is 389 g/mol. The molecule has 156 valence electrons. The van der Waals surface area contributed by atoms with E-state index in [0.29, 0.717) is 11.5 Å². The molecule has 1 atom stereocenters. The number of aromatic hydroxyl groups is 2. The maximum absolute atomic E-state index is 9.89. The summed E-state index contributed by atoms with van der Waals surface area (Å²) < 4.78 is 0. The Labute approximate surface area is 181 Å². The highest BCUT2D eigenvalue weighted by atomic mass is 31.1. The van der Waals surface area contributed by atoms with E-state index in [-0.39, 0.29) is 0 Å². The van der Waals surface area contributed by atoms with Crippen molar-refractivity contribution in [1.29, 1.82) is 0 Å². The molecule has 4 heteroatoms. The van der Waals surface area contributed by atoms with Gasteiger partial charge in [-0.05, 0) is 54.4 Å². The standard InChI is InChI=1S/C12H11NO.C12H13OP.C2H6/c1-9-3-2-4-11(12(9)14)10-5-7-13-8-6-10;1-9-4-2-6-11(12(9)13)10-5-3-7-14-8-10;1-2/h2-8,14H,1H3;2-7,13-14H,8H2,1H3;1-2H3. The molecule has 0 aliphatic carbocycles. The van der Waals surface area contributed by atoms with Gasteiger partial charge in [0, 0.05) is 23.5 Å². The molecule has 1 unspecified atom stereocenters. The molecule has 3 aromatic rings. The van der Waals surface area contributed by atoms with Crippen LogP contribution in [0, 0.1) is 13.8 Å². The third-order valence-corrected chi connectivity index (χ3v) is 5.63. The molecule has 0 fully saturated rings. The van der Waals surface area contributed by atoms with Crippen LogP contribution in [0.4, 0.5) is 0 Å². The molecular formula is C26H30NO2P. The molecule has 0 saturated heterocycles. The van der Waals surface area contributed by atoms with E-state index in [9.17, 15) is 10.2 Å². The second kappa shape index (κ2) is 11.9. The molecule has 1 aliphatic rings. The lowest BCUT2D eigenvalue weighted by Crippen LogP contribution is -1.90. The van der Waals surface area contributed by atoms with Gasteiger partial charge in [-0.1, -0.05) is 76.8 Å². The van der Waals surface area contributed by atoms with Crippen LogP contribution in [0.15, 0.2) is 78.9 Å². The van der Waals surface area contributed by atoms with Gasteiger partial charge in [0.2, 0.25) is 0 Å². The van der Waals surface area contributed by atoms with Crippen LogP contribution in [-0.4, -0.2) is 21.4 Å². The van der Waals surface area contributed by atoms with Crippen LogP contribution in [0.2, 0.25) is 0 Å². The number of aryl methyl sites for hydroxylation is 2. The fourth-order valence-corrected chi connectivity index (χ4v) is 3.86. The second-order valence-electron chi connectivity index (χ2n) is 6.61. The van der Waals surface area contributed by atoms with Crippen LogP contribution in [0.25, 0.3) is 16.7 Å². The van der Waals surface area contributed by atoms with Crippen molar-refractivity contribution in [3.63, 3.8) is 0 Å². The van der Waals surface area contributed by atoms with Crippen molar-refractivity contribution in [3.05, 3.63) is 95.6 Å². The molecule has 0 spiro atoms. The van der Waals surface area contributed by atoms with Crippen molar-refractivity contribution in [2.24, 2.45) is 0 Å². The third kappa shape index (κ3) is 6.05. The molecule has 3 nitrogen and oxygen atoms in total. The van der Waals surface area contributed by atoms with Gasteiger partial charge in [-0.2, -0.15) is 0 Å². The summed E-state index contributed by atoms with van der Waals surface area (Å²) in [6.07, 6.45) is 8.64. The molecule has 2 N–H and O–H groups in total. The van der Waals surface area contributed by atoms with Crippen molar-refractivity contribution < 1.29 is 10.2 Å². The Morgan fingerprint density at radius 2 is 1.37 bits per heavy atom. The van der Waals surface area contributed by atoms with Crippen molar-refractivity contribution in [3.8, 4) is 22.6 Å². The smallest absolute Gasteiger partial charge is 0.126 e. The summed E-state index contributed by atoms with van der Waals surface area (Å²) in [6.45, 7) is 7.82. The van der Waals surface area contributed by atoms with Gasteiger partial charge in [-0.25, -0.2) is 0 Å². The Balaban J connectivity index is 0.000000197. The number of phenols is 2. The SMILES string of the molecule is CC.Cc1cccc(-c2ccncc2)c1O.Cc1cccc(C2=CC=CPC2)c1O. The first-order valence-corrected chi connectivity index (χ1v) is 11.4. The minimum atomic E-state index is 0.346. The van der Waals surface area contributed by atoms with Crippen LogP contribution in [-0.2, 0) is 0 Å². The zero-order valence-electron chi connectivity index (χ0n) is 18.1. The van der Waals surface area contributed by atoms with E-state index in [0.717, 1.165) is 42.6 Å². The molecule has 0 saturated carbocycles. The van der Waals surface area contributed by atoms with Crippen molar-refractivity contribution in [1.82, 2.24) is 4.98 Å². The maximum atomic E-state index is 9.89. The monoisotopic (exact) mass is 419 g/mol. The molecule has 0 radical (unpaired) electrons. The number of benzene rings is 2. The quantitative estimate of drug-likeness (QED) is 0.436. The van der Waals surface area contributed by atoms with Gasteiger partial charge in [-0.15, -0.1) is 0 Å². The Kier molecular flexibility index (Phi) is 9.31. The average Bonchev–Trinajstić information content (AvgIpc) is 2.80. The van der Waals surface area contributed by atoms with Crippen LogP contribution < -0.4 is 0 Å². The molecule has 1 aromatic heterocycles. The molecule has 0 amide bonds. The first-order valence-electron chi connectivity index (χ1n) is 10.1. The normalized spacial score (nSPS) is 12.9. The summed E-state index contributed by atoms with van der Waals surface area (Å²) in [4.78, 5) is 3.94. The Morgan fingerprint density at radius 1 is 0.800 bits per heavy atom. The maximum Gasteiger partial charge on any atom is 0.126 e. The van der Waals surface area contributed by atoms with E-state index in [1.807, 2.05) is 76.2 Å². The lowest BCUT2D eigenvalue weighted by atomic mass is 10.0. The number of pyridine rings is 1. The number of hydrogen-bond donors (Lipinski definition) is 2. The molecule has 4 rings (SSSR count). The first-order chi connectivity index (χ1) is 14.6. The summed E-state index contributed by atoms with van der Waals surface area (Å²) in [6, 6.07) is 15.4. The summed E-state index contributed by atoms with van der Waals surface area (Å²) in [5.74, 6) is 2.95. The molecule has 2 heterocycles. The minimum Gasteiger partial charge on any atom is -0.507 e. The fraction of sp³-hybridized carbons (Fsp3) is 0.192. The van der Waals surface area contributed by atoms with Crippen molar-refractivity contribution in [2.75, 3.05) is 6.16 Å². The minimum absolute atomic E-state index is 0.346. The number of rotatable bonds is 2. The van der Waals surface area contributed by atoms with Gasteiger partial charge >= 0.3 is 0 Å². The van der Waals surface area contributed by atoms with E-state index in [4.69, 9.17) is 0 Å². The number of phenolic OH excluding ortho intramolecular Hbond substituents is 2. The first kappa shape index (κ1) is 23.4. The van der Waals surface area contributed by atoms with E-state index in [1.54, 1.807) is 12.4 Å². The Hall–Kier alpha value is -2.90. The van der Waals surface area contributed by atoms with Gasteiger partial charge in [0.05, 0.1) is 0 Å². The second-order valence-corrected chi connectivity index (χ2v) is 7.71. The Bertz CT molecular complexity index is 1010. The molecule has 2 aromatic carbocycles. The van der Waals surface area contributed by atoms with Crippen LogP contribution in [0.5, 0.6) is 11.5 Å².